The van der Waals surface area contributed by atoms with Crippen LogP contribution in [0.5, 0.6) is 0 Å². The number of nitrogens with zero attached hydrogens (tertiary/aromatic N) is 2. The SMILES string of the molecule is C#CCC1(C(=O)NN2CCCCC2=O)CCCN1C(=O)OC(C)(C)C. The Morgan fingerprint density at radius 2 is 2.00 bits per heavy atom. The average Bonchev–Trinajstić information content (AvgIpc) is 2.93. The minimum absolute atomic E-state index is 0.0834. The van der Waals surface area contributed by atoms with Crippen LogP contribution in [0.25, 0.3) is 0 Å². The van der Waals surface area contributed by atoms with Gasteiger partial charge in [0.1, 0.15) is 11.1 Å². The number of carbonyl (C=O) groups is 3. The Morgan fingerprint density at radius 3 is 2.60 bits per heavy atom. The van der Waals surface area contributed by atoms with Crippen LogP contribution in [0.4, 0.5) is 4.79 Å². The van der Waals surface area contributed by atoms with Crippen LogP contribution in [0.1, 0.15) is 59.3 Å². The topological polar surface area (TPSA) is 79.0 Å². The van der Waals surface area contributed by atoms with E-state index in [9.17, 15) is 14.4 Å². The van der Waals surface area contributed by atoms with Crippen molar-refractivity contribution in [2.45, 2.75) is 70.4 Å². The summed E-state index contributed by atoms with van der Waals surface area (Å²) in [5, 5.41) is 1.34. The second-order valence-electron chi connectivity index (χ2n) is 7.59. The summed E-state index contributed by atoms with van der Waals surface area (Å²) in [4.78, 5) is 39.0. The minimum atomic E-state index is -1.17. The van der Waals surface area contributed by atoms with Crippen LogP contribution < -0.4 is 5.43 Å². The molecule has 2 aliphatic rings. The second kappa shape index (κ2) is 7.34. The predicted octanol–water partition coefficient (Wildman–Crippen LogP) is 1.82. The lowest BCUT2D eigenvalue weighted by Gasteiger charge is -2.38. The van der Waals surface area contributed by atoms with Gasteiger partial charge in [-0.05, 0) is 46.5 Å². The van der Waals surface area contributed by atoms with Crippen molar-refractivity contribution >= 4 is 17.9 Å². The van der Waals surface area contributed by atoms with Crippen LogP contribution in [0.2, 0.25) is 0 Å². The standard InChI is InChI=1S/C18H27N3O4/c1-5-10-18(15(23)19-21-13-7-6-9-14(21)22)11-8-12-20(18)16(24)25-17(2,3)4/h1H,6-13H2,2-4H3,(H,19,23). The van der Waals surface area contributed by atoms with Gasteiger partial charge in [0.25, 0.3) is 5.91 Å². The molecule has 0 spiro atoms. The predicted molar refractivity (Wildman–Crippen MR) is 92.1 cm³/mol. The molecule has 2 heterocycles. The lowest BCUT2D eigenvalue weighted by molar-refractivity contribution is -0.148. The quantitative estimate of drug-likeness (QED) is 0.789. The molecule has 0 aromatic rings. The monoisotopic (exact) mass is 349 g/mol. The Hall–Kier alpha value is -2.23. The van der Waals surface area contributed by atoms with E-state index in [-0.39, 0.29) is 12.3 Å². The highest BCUT2D eigenvalue weighted by Gasteiger charge is 2.51. The first-order valence-corrected chi connectivity index (χ1v) is 8.75. The third-order valence-electron chi connectivity index (χ3n) is 4.48. The first kappa shape index (κ1) is 19.1. The third kappa shape index (κ3) is 4.25. The van der Waals surface area contributed by atoms with Gasteiger partial charge in [-0.2, -0.15) is 0 Å². The molecule has 0 aliphatic carbocycles. The van der Waals surface area contributed by atoms with Crippen molar-refractivity contribution in [3.63, 3.8) is 0 Å². The van der Waals surface area contributed by atoms with E-state index in [1.807, 2.05) is 0 Å². The van der Waals surface area contributed by atoms with Gasteiger partial charge < -0.3 is 4.74 Å². The molecule has 1 atom stereocenters. The van der Waals surface area contributed by atoms with E-state index in [1.54, 1.807) is 20.8 Å². The van der Waals surface area contributed by atoms with Gasteiger partial charge >= 0.3 is 6.09 Å². The maximum absolute atomic E-state index is 13.0. The van der Waals surface area contributed by atoms with Gasteiger partial charge in [0.2, 0.25) is 5.91 Å². The van der Waals surface area contributed by atoms with E-state index < -0.39 is 23.1 Å². The first-order valence-electron chi connectivity index (χ1n) is 8.75. The largest absolute Gasteiger partial charge is 0.444 e. The fourth-order valence-electron chi connectivity index (χ4n) is 3.28. The normalized spacial score (nSPS) is 24.0. The lowest BCUT2D eigenvalue weighted by Crippen LogP contribution is -2.62. The Kier molecular flexibility index (Phi) is 5.61. The van der Waals surface area contributed by atoms with E-state index in [0.29, 0.717) is 32.4 Å². The van der Waals surface area contributed by atoms with Crippen molar-refractivity contribution in [2.75, 3.05) is 13.1 Å². The molecule has 7 nitrogen and oxygen atoms in total. The Bertz CT molecular complexity index is 590. The summed E-state index contributed by atoms with van der Waals surface area (Å²) in [7, 11) is 0. The van der Waals surface area contributed by atoms with Crippen molar-refractivity contribution < 1.29 is 19.1 Å². The summed E-state index contributed by atoms with van der Waals surface area (Å²) < 4.78 is 5.44. The summed E-state index contributed by atoms with van der Waals surface area (Å²) in [6.45, 7) is 6.20. The first-order chi connectivity index (χ1) is 11.7. The third-order valence-corrected chi connectivity index (χ3v) is 4.48. The number of nitrogens with one attached hydrogen (secondary N) is 1. The minimum Gasteiger partial charge on any atom is -0.444 e. The van der Waals surface area contributed by atoms with Crippen LogP contribution in [-0.4, -0.2) is 52.0 Å². The van der Waals surface area contributed by atoms with Gasteiger partial charge in [-0.25, -0.2) is 4.79 Å². The number of carbonyl (C=O) groups excluding carboxylic acids is 3. The number of piperidine rings is 1. The van der Waals surface area contributed by atoms with Gasteiger partial charge in [0.05, 0.1) is 0 Å². The number of hydrogen-bond donors (Lipinski definition) is 1. The van der Waals surface area contributed by atoms with Crippen molar-refractivity contribution in [3.8, 4) is 12.3 Å². The average molecular weight is 349 g/mol. The summed E-state index contributed by atoms with van der Waals surface area (Å²) in [6.07, 6.45) is 8.20. The fourth-order valence-corrected chi connectivity index (χ4v) is 3.28. The second-order valence-corrected chi connectivity index (χ2v) is 7.59. The molecular weight excluding hydrogens is 322 g/mol. The fraction of sp³-hybridized carbons (Fsp3) is 0.722. The molecule has 3 amide bonds. The molecule has 25 heavy (non-hydrogen) atoms. The molecule has 2 aliphatic heterocycles. The van der Waals surface area contributed by atoms with Gasteiger partial charge in [0, 0.05) is 25.9 Å². The highest BCUT2D eigenvalue weighted by atomic mass is 16.6. The molecule has 0 saturated carbocycles. The Labute approximate surface area is 149 Å². The number of hydrogen-bond acceptors (Lipinski definition) is 4. The van der Waals surface area contributed by atoms with Crippen LogP contribution in [-0.2, 0) is 14.3 Å². The summed E-state index contributed by atoms with van der Waals surface area (Å²) in [5.41, 5.74) is 0.846. The van der Waals surface area contributed by atoms with Crippen LogP contribution >= 0.6 is 0 Å². The molecule has 0 bridgehead atoms. The van der Waals surface area contributed by atoms with E-state index in [1.165, 1.54) is 9.91 Å². The van der Waals surface area contributed by atoms with Crippen LogP contribution in [0.3, 0.4) is 0 Å². The molecule has 138 valence electrons. The Balaban J connectivity index is 2.20. The molecule has 2 fully saturated rings. The summed E-state index contributed by atoms with van der Waals surface area (Å²) in [5.74, 6) is 1.99. The van der Waals surface area contributed by atoms with Gasteiger partial charge in [0.15, 0.2) is 0 Å². The summed E-state index contributed by atoms with van der Waals surface area (Å²) >= 11 is 0. The lowest BCUT2D eigenvalue weighted by atomic mass is 9.91. The zero-order valence-electron chi connectivity index (χ0n) is 15.3. The number of ether oxygens (including phenoxy) is 1. The highest BCUT2D eigenvalue weighted by molar-refractivity contribution is 5.92. The van der Waals surface area contributed by atoms with E-state index in [4.69, 9.17) is 11.2 Å². The molecular formula is C18H27N3O4. The molecule has 1 N–H and O–H groups in total. The van der Waals surface area contributed by atoms with Crippen molar-refractivity contribution in [1.29, 1.82) is 0 Å². The maximum Gasteiger partial charge on any atom is 0.411 e. The highest BCUT2D eigenvalue weighted by Crippen LogP contribution is 2.34. The molecule has 2 rings (SSSR count). The summed E-state index contributed by atoms with van der Waals surface area (Å²) in [6, 6.07) is 0. The smallest absolute Gasteiger partial charge is 0.411 e. The number of hydrazine groups is 1. The molecule has 7 heteroatoms. The number of terminal acetylenes is 1. The van der Waals surface area contributed by atoms with Gasteiger partial charge in [-0.1, -0.05) is 0 Å². The zero-order chi connectivity index (χ0) is 18.7. The van der Waals surface area contributed by atoms with E-state index in [2.05, 4.69) is 11.3 Å². The molecule has 0 aromatic carbocycles. The van der Waals surface area contributed by atoms with Crippen LogP contribution in [0.15, 0.2) is 0 Å². The van der Waals surface area contributed by atoms with Gasteiger partial charge in [-0.15, -0.1) is 12.3 Å². The molecule has 0 radical (unpaired) electrons. The number of likely N-dealkylation sites (tertiary alicyclic amines) is 1. The Morgan fingerprint density at radius 1 is 1.28 bits per heavy atom. The van der Waals surface area contributed by atoms with Crippen molar-refractivity contribution in [1.82, 2.24) is 15.3 Å². The number of amides is 3. The molecule has 0 aromatic heterocycles. The van der Waals surface area contributed by atoms with E-state index in [0.717, 1.165) is 12.8 Å². The van der Waals surface area contributed by atoms with Gasteiger partial charge in [-0.3, -0.25) is 24.9 Å². The maximum atomic E-state index is 13.0. The molecule has 1 unspecified atom stereocenters. The molecule has 2 saturated heterocycles. The van der Waals surface area contributed by atoms with Crippen molar-refractivity contribution in [2.24, 2.45) is 0 Å². The zero-order valence-corrected chi connectivity index (χ0v) is 15.3. The number of rotatable bonds is 3. The van der Waals surface area contributed by atoms with E-state index >= 15 is 0 Å². The van der Waals surface area contributed by atoms with Crippen LogP contribution in [0, 0.1) is 12.3 Å². The van der Waals surface area contributed by atoms with Crippen molar-refractivity contribution in [3.05, 3.63) is 0 Å².